The molecule has 3 N–H and O–H groups in total. The highest BCUT2D eigenvalue weighted by atomic mass is 16.3. The van der Waals surface area contributed by atoms with Crippen molar-refractivity contribution >= 4 is 23.6 Å². The Balaban J connectivity index is 1.34. The molecule has 0 unspecified atom stereocenters. The molecular weight excluding hydrogens is 410 g/mol. The maximum atomic E-state index is 12.9. The van der Waals surface area contributed by atoms with E-state index in [4.69, 9.17) is 0 Å². The average molecular weight is 435 g/mol. The summed E-state index contributed by atoms with van der Waals surface area (Å²) in [6.07, 6.45) is 4.79. The summed E-state index contributed by atoms with van der Waals surface area (Å²) in [5.74, 6) is -1.36. The van der Waals surface area contributed by atoms with Gasteiger partial charge in [0.1, 0.15) is 5.75 Å². The lowest BCUT2D eigenvalue weighted by atomic mass is 9.94. The van der Waals surface area contributed by atoms with Gasteiger partial charge in [0.2, 0.25) is 0 Å². The Hall–Kier alpha value is -3.68. The van der Waals surface area contributed by atoms with Crippen LogP contribution < -0.4 is 10.6 Å². The molecule has 1 aliphatic carbocycles. The van der Waals surface area contributed by atoms with E-state index in [9.17, 15) is 24.3 Å². The standard InChI is InChI=1S/C24H25N3O5/c28-18-8-4-5-15(13-18)21(29)25-11-12-26-22(30)16-9-10-19-20(14-16)24(32)27(23(19)31)17-6-2-1-3-7-17/h4-5,8-10,13-14,17,28H,1-3,6-7,11-12H2,(H,25,29)(H,26,30). The van der Waals surface area contributed by atoms with Crippen LogP contribution in [0.1, 0.15) is 73.5 Å². The van der Waals surface area contributed by atoms with Crippen molar-refractivity contribution in [3.05, 3.63) is 64.7 Å². The van der Waals surface area contributed by atoms with Gasteiger partial charge in [0.25, 0.3) is 23.6 Å². The van der Waals surface area contributed by atoms with Crippen LogP contribution in [0, 0.1) is 0 Å². The second-order valence-corrected chi connectivity index (χ2v) is 8.09. The quantitative estimate of drug-likeness (QED) is 0.476. The monoisotopic (exact) mass is 435 g/mol. The van der Waals surface area contributed by atoms with Gasteiger partial charge in [0.15, 0.2) is 0 Å². The van der Waals surface area contributed by atoms with Gasteiger partial charge in [-0.05, 0) is 49.2 Å². The number of hydrogen-bond donors (Lipinski definition) is 3. The highest BCUT2D eigenvalue weighted by Crippen LogP contribution is 2.31. The van der Waals surface area contributed by atoms with Crippen molar-refractivity contribution in [1.82, 2.24) is 15.5 Å². The number of imide groups is 1. The summed E-state index contributed by atoms with van der Waals surface area (Å²) < 4.78 is 0. The van der Waals surface area contributed by atoms with Crippen LogP contribution in [-0.4, -0.2) is 52.8 Å². The minimum atomic E-state index is -0.393. The first-order chi connectivity index (χ1) is 15.5. The lowest BCUT2D eigenvalue weighted by Gasteiger charge is -2.29. The van der Waals surface area contributed by atoms with Crippen LogP contribution in [0.2, 0.25) is 0 Å². The van der Waals surface area contributed by atoms with Crippen molar-refractivity contribution in [3.63, 3.8) is 0 Å². The Morgan fingerprint density at radius 2 is 1.47 bits per heavy atom. The number of amides is 4. The zero-order chi connectivity index (χ0) is 22.7. The maximum absolute atomic E-state index is 12.9. The molecule has 1 fully saturated rings. The summed E-state index contributed by atoms with van der Waals surface area (Å²) in [6, 6.07) is 10.5. The largest absolute Gasteiger partial charge is 0.508 e. The summed E-state index contributed by atoms with van der Waals surface area (Å²) >= 11 is 0. The first-order valence-electron chi connectivity index (χ1n) is 10.8. The number of benzene rings is 2. The molecule has 166 valence electrons. The van der Waals surface area contributed by atoms with Crippen LogP contribution in [0.3, 0.4) is 0 Å². The highest BCUT2D eigenvalue weighted by Gasteiger charge is 2.40. The molecular formula is C24H25N3O5. The first-order valence-corrected chi connectivity index (χ1v) is 10.8. The molecule has 0 radical (unpaired) electrons. The van der Waals surface area contributed by atoms with Gasteiger partial charge < -0.3 is 15.7 Å². The summed E-state index contributed by atoms with van der Waals surface area (Å²) in [4.78, 5) is 51.6. The predicted octanol–water partition coefficient (Wildman–Crippen LogP) is 2.48. The molecule has 1 aliphatic heterocycles. The molecule has 8 nitrogen and oxygen atoms in total. The number of rotatable bonds is 6. The summed E-state index contributed by atoms with van der Waals surface area (Å²) in [5.41, 5.74) is 1.22. The molecule has 2 aromatic carbocycles. The number of carbonyl (C=O) groups excluding carboxylic acids is 4. The molecule has 32 heavy (non-hydrogen) atoms. The minimum Gasteiger partial charge on any atom is -0.508 e. The molecule has 1 heterocycles. The Morgan fingerprint density at radius 3 is 2.12 bits per heavy atom. The molecule has 0 bridgehead atoms. The van der Waals surface area contributed by atoms with Crippen molar-refractivity contribution in [3.8, 4) is 5.75 Å². The molecule has 0 spiro atoms. The van der Waals surface area contributed by atoms with Gasteiger partial charge in [-0.3, -0.25) is 24.1 Å². The van der Waals surface area contributed by atoms with Gasteiger partial charge in [0.05, 0.1) is 11.1 Å². The number of phenolic OH excluding ortho intramolecular Hbond substituents is 1. The van der Waals surface area contributed by atoms with E-state index >= 15 is 0 Å². The molecule has 0 aromatic heterocycles. The zero-order valence-electron chi connectivity index (χ0n) is 17.6. The first kappa shape index (κ1) is 21.5. The lowest BCUT2D eigenvalue weighted by molar-refractivity contribution is 0.0548. The van der Waals surface area contributed by atoms with E-state index < -0.39 is 5.91 Å². The number of hydrogen-bond acceptors (Lipinski definition) is 5. The van der Waals surface area contributed by atoms with Crippen molar-refractivity contribution in [1.29, 1.82) is 0 Å². The Morgan fingerprint density at radius 1 is 0.844 bits per heavy atom. The van der Waals surface area contributed by atoms with Crippen LogP contribution in [0.15, 0.2) is 42.5 Å². The molecule has 4 amide bonds. The van der Waals surface area contributed by atoms with E-state index in [2.05, 4.69) is 10.6 Å². The molecule has 0 saturated heterocycles. The highest BCUT2D eigenvalue weighted by molar-refractivity contribution is 6.22. The number of nitrogens with zero attached hydrogens (tertiary/aromatic N) is 1. The van der Waals surface area contributed by atoms with Crippen molar-refractivity contribution in [2.75, 3.05) is 13.1 Å². The number of carbonyl (C=O) groups is 4. The van der Waals surface area contributed by atoms with Gasteiger partial charge in [0, 0.05) is 30.3 Å². The van der Waals surface area contributed by atoms with E-state index in [1.165, 1.54) is 35.2 Å². The SMILES string of the molecule is O=C(NCCNC(=O)c1ccc2c(c1)C(=O)N(C1CCCCC1)C2=O)c1cccc(O)c1. The number of aromatic hydroxyl groups is 1. The lowest BCUT2D eigenvalue weighted by Crippen LogP contribution is -2.40. The topological polar surface area (TPSA) is 116 Å². The fraction of sp³-hybridized carbons (Fsp3) is 0.333. The van der Waals surface area contributed by atoms with E-state index in [1.54, 1.807) is 12.1 Å². The van der Waals surface area contributed by atoms with E-state index in [-0.39, 0.29) is 53.7 Å². The molecule has 1 saturated carbocycles. The third kappa shape index (κ3) is 4.34. The van der Waals surface area contributed by atoms with E-state index in [0.717, 1.165) is 32.1 Å². The molecule has 2 aromatic rings. The molecule has 2 aliphatic rings. The van der Waals surface area contributed by atoms with Crippen LogP contribution >= 0.6 is 0 Å². The summed E-state index contributed by atoms with van der Waals surface area (Å²) in [6.45, 7) is 0.375. The average Bonchev–Trinajstić information content (AvgIpc) is 3.06. The van der Waals surface area contributed by atoms with Gasteiger partial charge in [-0.2, -0.15) is 0 Å². The van der Waals surface area contributed by atoms with Crippen LogP contribution in [-0.2, 0) is 0 Å². The Kier molecular flexibility index (Phi) is 6.20. The zero-order valence-corrected chi connectivity index (χ0v) is 17.6. The smallest absolute Gasteiger partial charge is 0.261 e. The normalized spacial score (nSPS) is 16.1. The van der Waals surface area contributed by atoms with E-state index in [1.807, 2.05) is 0 Å². The van der Waals surface area contributed by atoms with Gasteiger partial charge >= 0.3 is 0 Å². The molecule has 8 heteroatoms. The molecule has 0 atom stereocenters. The Bertz CT molecular complexity index is 1080. The Labute approximate surface area is 185 Å². The van der Waals surface area contributed by atoms with Crippen LogP contribution in [0.4, 0.5) is 0 Å². The second-order valence-electron chi connectivity index (χ2n) is 8.09. The third-order valence-electron chi connectivity index (χ3n) is 5.92. The van der Waals surface area contributed by atoms with Gasteiger partial charge in [-0.15, -0.1) is 0 Å². The number of nitrogens with one attached hydrogen (secondary N) is 2. The summed E-state index contributed by atoms with van der Waals surface area (Å²) in [5, 5.41) is 14.8. The fourth-order valence-electron chi connectivity index (χ4n) is 4.27. The van der Waals surface area contributed by atoms with Crippen LogP contribution in [0.25, 0.3) is 0 Å². The predicted molar refractivity (Wildman–Crippen MR) is 117 cm³/mol. The van der Waals surface area contributed by atoms with Gasteiger partial charge in [-0.1, -0.05) is 25.3 Å². The van der Waals surface area contributed by atoms with Crippen molar-refractivity contribution in [2.24, 2.45) is 0 Å². The summed E-state index contributed by atoms with van der Waals surface area (Å²) in [7, 11) is 0. The molecule has 4 rings (SSSR count). The minimum absolute atomic E-state index is 0.00218. The second kappa shape index (κ2) is 9.21. The van der Waals surface area contributed by atoms with E-state index in [0.29, 0.717) is 11.1 Å². The number of fused-ring (bicyclic) bond motifs is 1. The van der Waals surface area contributed by atoms with Crippen molar-refractivity contribution < 1.29 is 24.3 Å². The van der Waals surface area contributed by atoms with Crippen LogP contribution in [0.5, 0.6) is 5.75 Å². The number of phenols is 1. The maximum Gasteiger partial charge on any atom is 0.261 e. The van der Waals surface area contributed by atoms with Gasteiger partial charge in [-0.25, -0.2) is 0 Å². The van der Waals surface area contributed by atoms with Crippen molar-refractivity contribution in [2.45, 2.75) is 38.1 Å². The third-order valence-corrected chi connectivity index (χ3v) is 5.92. The fourth-order valence-corrected chi connectivity index (χ4v) is 4.27.